The zero-order valence-corrected chi connectivity index (χ0v) is 19.6. The molecule has 2 aromatic carbocycles. The standard InChI is InChI=1S/C23H19IN2O4S/c1-30-18-10-4-15(5-11-18)22(28)25(14-19-3-2-12-31-19)20-13-21(27)26(23(20)29)17-8-6-16(24)7-9-17/h2-12,20H,13-14H2,1H3. The number of imide groups is 1. The highest BCUT2D eigenvalue weighted by Gasteiger charge is 2.44. The van der Waals surface area contributed by atoms with Gasteiger partial charge in [0.05, 0.1) is 25.8 Å². The Kier molecular flexibility index (Phi) is 6.38. The molecule has 1 aliphatic rings. The maximum atomic E-state index is 13.4. The molecule has 158 valence electrons. The number of halogens is 1. The van der Waals surface area contributed by atoms with Crippen LogP contribution in [0.1, 0.15) is 21.7 Å². The van der Waals surface area contributed by atoms with Crippen LogP contribution >= 0.6 is 33.9 Å². The highest BCUT2D eigenvalue weighted by atomic mass is 127. The summed E-state index contributed by atoms with van der Waals surface area (Å²) in [4.78, 5) is 43.1. The minimum atomic E-state index is -0.858. The van der Waals surface area contributed by atoms with Crippen molar-refractivity contribution in [2.45, 2.75) is 19.0 Å². The van der Waals surface area contributed by atoms with Crippen molar-refractivity contribution in [3.05, 3.63) is 80.1 Å². The highest BCUT2D eigenvalue weighted by Crippen LogP contribution is 2.29. The number of rotatable bonds is 6. The fraction of sp³-hybridized carbons (Fsp3) is 0.174. The minimum absolute atomic E-state index is 0.0436. The van der Waals surface area contributed by atoms with E-state index in [-0.39, 0.29) is 30.7 Å². The van der Waals surface area contributed by atoms with Crippen molar-refractivity contribution in [3.63, 3.8) is 0 Å². The van der Waals surface area contributed by atoms with Crippen LogP contribution in [-0.4, -0.2) is 35.8 Å². The van der Waals surface area contributed by atoms with E-state index in [1.165, 1.54) is 21.1 Å². The Morgan fingerprint density at radius 3 is 2.45 bits per heavy atom. The third kappa shape index (κ3) is 4.49. The molecule has 2 heterocycles. The SMILES string of the molecule is COc1ccc(C(=O)N(Cc2cccs2)C2CC(=O)N(c3ccc(I)cc3)C2=O)cc1. The Bertz CT molecular complexity index is 1100. The van der Waals surface area contributed by atoms with E-state index in [1.807, 2.05) is 29.6 Å². The van der Waals surface area contributed by atoms with Gasteiger partial charge in [-0.1, -0.05) is 6.07 Å². The van der Waals surface area contributed by atoms with Gasteiger partial charge in [-0.3, -0.25) is 14.4 Å². The van der Waals surface area contributed by atoms with Gasteiger partial charge in [-0.15, -0.1) is 11.3 Å². The maximum Gasteiger partial charge on any atom is 0.257 e. The Balaban J connectivity index is 1.66. The van der Waals surface area contributed by atoms with Crippen molar-refractivity contribution < 1.29 is 19.1 Å². The molecule has 1 atom stereocenters. The molecule has 0 bridgehead atoms. The lowest BCUT2D eigenvalue weighted by atomic mass is 10.1. The summed E-state index contributed by atoms with van der Waals surface area (Å²) in [6.07, 6.45) is -0.0436. The van der Waals surface area contributed by atoms with Crippen molar-refractivity contribution in [1.29, 1.82) is 0 Å². The number of carbonyl (C=O) groups is 3. The molecule has 1 saturated heterocycles. The zero-order valence-electron chi connectivity index (χ0n) is 16.7. The Labute approximate surface area is 197 Å². The first-order valence-corrected chi connectivity index (χ1v) is 11.5. The Morgan fingerprint density at radius 2 is 1.84 bits per heavy atom. The van der Waals surface area contributed by atoms with Gasteiger partial charge in [-0.05, 0) is 82.6 Å². The number of nitrogens with zero attached hydrogens (tertiary/aromatic N) is 2. The number of methoxy groups -OCH3 is 1. The van der Waals surface area contributed by atoms with Crippen molar-refractivity contribution in [1.82, 2.24) is 4.90 Å². The van der Waals surface area contributed by atoms with Gasteiger partial charge in [0.1, 0.15) is 11.8 Å². The zero-order chi connectivity index (χ0) is 22.0. The number of ether oxygens (including phenoxy) is 1. The predicted octanol–water partition coefficient (Wildman–Crippen LogP) is 4.34. The average Bonchev–Trinajstić information content (AvgIpc) is 3.40. The van der Waals surface area contributed by atoms with Crippen LogP contribution in [-0.2, 0) is 16.1 Å². The Hall–Kier alpha value is -2.72. The summed E-state index contributed by atoms with van der Waals surface area (Å²) in [6, 6.07) is 16.9. The van der Waals surface area contributed by atoms with E-state index >= 15 is 0 Å². The quantitative estimate of drug-likeness (QED) is 0.341. The van der Waals surface area contributed by atoms with Crippen molar-refractivity contribution in [3.8, 4) is 5.75 Å². The molecule has 6 nitrogen and oxygen atoms in total. The van der Waals surface area contributed by atoms with Crippen LogP contribution in [0.15, 0.2) is 66.0 Å². The second-order valence-electron chi connectivity index (χ2n) is 7.00. The van der Waals surface area contributed by atoms with Gasteiger partial charge in [0, 0.05) is 14.0 Å². The minimum Gasteiger partial charge on any atom is -0.497 e. The monoisotopic (exact) mass is 546 g/mol. The molecule has 31 heavy (non-hydrogen) atoms. The summed E-state index contributed by atoms with van der Waals surface area (Å²) < 4.78 is 6.17. The second kappa shape index (κ2) is 9.19. The van der Waals surface area contributed by atoms with Gasteiger partial charge >= 0.3 is 0 Å². The van der Waals surface area contributed by atoms with E-state index in [9.17, 15) is 14.4 Å². The third-order valence-corrected chi connectivity index (χ3v) is 6.67. The first kappa shape index (κ1) is 21.5. The summed E-state index contributed by atoms with van der Waals surface area (Å²) in [6.45, 7) is 0.257. The molecule has 8 heteroatoms. The van der Waals surface area contributed by atoms with Gasteiger partial charge in [0.2, 0.25) is 5.91 Å². The number of benzene rings is 2. The smallest absolute Gasteiger partial charge is 0.257 e. The molecule has 1 aliphatic heterocycles. The highest BCUT2D eigenvalue weighted by molar-refractivity contribution is 14.1. The number of amides is 3. The van der Waals surface area contributed by atoms with E-state index in [2.05, 4.69) is 22.6 Å². The van der Waals surface area contributed by atoms with Crippen molar-refractivity contribution >= 4 is 57.3 Å². The lowest BCUT2D eigenvalue weighted by molar-refractivity contribution is -0.122. The summed E-state index contributed by atoms with van der Waals surface area (Å²) in [5.41, 5.74) is 0.955. The largest absolute Gasteiger partial charge is 0.497 e. The second-order valence-corrected chi connectivity index (χ2v) is 9.28. The maximum absolute atomic E-state index is 13.4. The molecular formula is C23H19IN2O4S. The van der Waals surface area contributed by atoms with Gasteiger partial charge in [0.25, 0.3) is 11.8 Å². The number of thiophene rings is 1. The third-order valence-electron chi connectivity index (χ3n) is 5.09. The van der Waals surface area contributed by atoms with Crippen LogP contribution in [0.2, 0.25) is 0 Å². The number of hydrogen-bond donors (Lipinski definition) is 0. The Morgan fingerprint density at radius 1 is 1.13 bits per heavy atom. The fourth-order valence-electron chi connectivity index (χ4n) is 3.51. The summed E-state index contributed by atoms with van der Waals surface area (Å²) in [5.74, 6) is -0.357. The molecule has 0 aliphatic carbocycles. The molecule has 3 amide bonds. The first-order valence-electron chi connectivity index (χ1n) is 9.57. The van der Waals surface area contributed by atoms with Crippen LogP contribution in [0, 0.1) is 3.57 Å². The molecule has 0 N–H and O–H groups in total. The van der Waals surface area contributed by atoms with E-state index in [1.54, 1.807) is 43.5 Å². The van der Waals surface area contributed by atoms with Crippen molar-refractivity contribution in [2.24, 2.45) is 0 Å². The molecule has 4 rings (SSSR count). The summed E-state index contributed by atoms with van der Waals surface area (Å²) in [5, 5.41) is 1.92. The molecule has 1 unspecified atom stereocenters. The van der Waals surface area contributed by atoms with E-state index < -0.39 is 6.04 Å². The van der Waals surface area contributed by atoms with E-state index in [0.717, 1.165) is 8.45 Å². The van der Waals surface area contributed by atoms with Crippen LogP contribution in [0.25, 0.3) is 0 Å². The van der Waals surface area contributed by atoms with Crippen LogP contribution < -0.4 is 9.64 Å². The fourth-order valence-corrected chi connectivity index (χ4v) is 4.58. The van der Waals surface area contributed by atoms with Crippen LogP contribution in [0.4, 0.5) is 5.69 Å². The first-order chi connectivity index (χ1) is 15.0. The average molecular weight is 546 g/mol. The molecular weight excluding hydrogens is 527 g/mol. The molecule has 3 aromatic rings. The summed E-state index contributed by atoms with van der Waals surface area (Å²) >= 11 is 3.67. The van der Waals surface area contributed by atoms with Gasteiger partial charge in [0.15, 0.2) is 0 Å². The number of carbonyl (C=O) groups excluding carboxylic acids is 3. The topological polar surface area (TPSA) is 66.9 Å². The lowest BCUT2D eigenvalue weighted by Gasteiger charge is -2.27. The van der Waals surface area contributed by atoms with E-state index in [0.29, 0.717) is 17.0 Å². The van der Waals surface area contributed by atoms with Gasteiger partial charge < -0.3 is 9.64 Å². The lowest BCUT2D eigenvalue weighted by Crippen LogP contribution is -2.45. The molecule has 0 spiro atoms. The number of hydrogen-bond acceptors (Lipinski definition) is 5. The normalized spacial score (nSPS) is 15.9. The molecule has 0 radical (unpaired) electrons. The van der Waals surface area contributed by atoms with Gasteiger partial charge in [-0.2, -0.15) is 0 Å². The van der Waals surface area contributed by atoms with Gasteiger partial charge in [-0.25, -0.2) is 4.90 Å². The summed E-state index contributed by atoms with van der Waals surface area (Å²) in [7, 11) is 1.56. The van der Waals surface area contributed by atoms with Crippen molar-refractivity contribution in [2.75, 3.05) is 12.0 Å². The predicted molar refractivity (Wildman–Crippen MR) is 127 cm³/mol. The number of anilines is 1. The van der Waals surface area contributed by atoms with E-state index in [4.69, 9.17) is 4.74 Å². The van der Waals surface area contributed by atoms with Crippen LogP contribution in [0.5, 0.6) is 5.75 Å². The molecule has 1 aromatic heterocycles. The molecule has 1 fully saturated rings. The molecule has 0 saturated carbocycles. The van der Waals surface area contributed by atoms with Crippen LogP contribution in [0.3, 0.4) is 0 Å².